The summed E-state index contributed by atoms with van der Waals surface area (Å²) in [4.78, 5) is 2.33. The van der Waals surface area contributed by atoms with Gasteiger partial charge in [-0.25, -0.2) is 4.39 Å². The van der Waals surface area contributed by atoms with Crippen molar-refractivity contribution in [3.05, 3.63) is 88.2 Å². The average Bonchev–Trinajstić information content (AvgIpc) is 2.85. The highest BCUT2D eigenvalue weighted by atomic mass is 19.1. The van der Waals surface area contributed by atoms with Crippen molar-refractivity contribution in [3.8, 4) is 17.2 Å². The topological polar surface area (TPSA) is 52.9 Å². The molecule has 2 N–H and O–H groups in total. The molecule has 198 valence electrons. The van der Waals surface area contributed by atoms with E-state index in [1.54, 1.807) is 24.3 Å². The summed E-state index contributed by atoms with van der Waals surface area (Å²) in [5.74, 6) is 0.893. The van der Waals surface area contributed by atoms with Crippen LogP contribution in [0.4, 0.5) is 4.39 Å². The minimum atomic E-state index is -0.332. The van der Waals surface area contributed by atoms with Crippen LogP contribution in [0.5, 0.6) is 17.2 Å². The van der Waals surface area contributed by atoms with Crippen molar-refractivity contribution < 1.29 is 19.3 Å². The van der Waals surface area contributed by atoms with Crippen LogP contribution >= 0.6 is 0 Å². The first-order chi connectivity index (χ1) is 17.7. The second-order valence-corrected chi connectivity index (χ2v) is 10.8. The number of phenols is 2. The monoisotopic (exact) mass is 505 g/mol. The van der Waals surface area contributed by atoms with Gasteiger partial charge in [-0.1, -0.05) is 18.2 Å². The van der Waals surface area contributed by atoms with Crippen LogP contribution in [0.25, 0.3) is 0 Å². The van der Waals surface area contributed by atoms with E-state index in [-0.39, 0.29) is 11.6 Å². The van der Waals surface area contributed by atoms with Gasteiger partial charge in [0, 0.05) is 18.6 Å². The van der Waals surface area contributed by atoms with Gasteiger partial charge in [0.15, 0.2) is 11.6 Å². The minimum Gasteiger partial charge on any atom is -0.508 e. The van der Waals surface area contributed by atoms with E-state index in [0.717, 1.165) is 43.4 Å². The second kappa shape index (κ2) is 12.0. The number of aromatic hydroxyl groups is 2. The van der Waals surface area contributed by atoms with Crippen molar-refractivity contribution >= 4 is 0 Å². The maximum absolute atomic E-state index is 14.8. The fourth-order valence-corrected chi connectivity index (χ4v) is 5.68. The van der Waals surface area contributed by atoms with E-state index in [4.69, 9.17) is 4.74 Å². The van der Waals surface area contributed by atoms with Gasteiger partial charge >= 0.3 is 0 Å². The van der Waals surface area contributed by atoms with E-state index in [0.29, 0.717) is 42.5 Å². The molecule has 0 heterocycles. The van der Waals surface area contributed by atoms with Crippen molar-refractivity contribution in [2.24, 2.45) is 0 Å². The van der Waals surface area contributed by atoms with Crippen LogP contribution in [0, 0.1) is 5.82 Å². The number of hydrogen-bond donors (Lipinski definition) is 2. The summed E-state index contributed by atoms with van der Waals surface area (Å²) < 4.78 is 20.6. The van der Waals surface area contributed by atoms with Gasteiger partial charge in [0.1, 0.15) is 18.1 Å². The summed E-state index contributed by atoms with van der Waals surface area (Å²) in [6, 6.07) is 17.4. The lowest BCUT2D eigenvalue weighted by Gasteiger charge is -2.30. The molecular formula is C32H40FNO3. The number of fused-ring (bicyclic) bond motifs is 1. The summed E-state index contributed by atoms with van der Waals surface area (Å²) in [5.41, 5.74) is 5.76. The van der Waals surface area contributed by atoms with Crippen LogP contribution in [0.3, 0.4) is 0 Å². The van der Waals surface area contributed by atoms with Crippen LogP contribution in [0.15, 0.2) is 54.6 Å². The molecule has 1 atom stereocenters. The number of hydrogen-bond acceptors (Lipinski definition) is 4. The van der Waals surface area contributed by atoms with Crippen LogP contribution in [0.1, 0.15) is 67.9 Å². The molecule has 0 aromatic heterocycles. The molecule has 37 heavy (non-hydrogen) atoms. The Labute approximate surface area is 220 Å². The third kappa shape index (κ3) is 6.84. The molecule has 4 rings (SSSR count). The molecule has 3 aromatic rings. The van der Waals surface area contributed by atoms with Crippen LogP contribution in [-0.2, 0) is 25.7 Å². The fourth-order valence-electron chi connectivity index (χ4n) is 5.68. The number of halogens is 1. The maximum Gasteiger partial charge on any atom is 0.165 e. The molecule has 1 aliphatic carbocycles. The molecule has 0 spiro atoms. The van der Waals surface area contributed by atoms with Crippen LogP contribution in [0.2, 0.25) is 0 Å². The molecule has 3 aromatic carbocycles. The summed E-state index contributed by atoms with van der Waals surface area (Å²) in [6.45, 7) is 9.84. The first-order valence-electron chi connectivity index (χ1n) is 13.5. The van der Waals surface area contributed by atoms with E-state index >= 15 is 0 Å². The Kier molecular flexibility index (Phi) is 8.75. The largest absolute Gasteiger partial charge is 0.508 e. The van der Waals surface area contributed by atoms with Crippen molar-refractivity contribution in [3.63, 3.8) is 0 Å². The first kappa shape index (κ1) is 27.0. The second-order valence-electron chi connectivity index (χ2n) is 10.8. The fraction of sp³-hybridized carbons (Fsp3) is 0.438. The predicted molar refractivity (Wildman–Crippen MR) is 147 cm³/mol. The standard InChI is InChI=1S/C32H40FNO3/c1-21(2)34(22(3)4)15-16-37-32-14-6-23(17-31(32)33)5-7-27-20-29(36)12-13-30(27)26-9-8-25-19-28(35)11-10-24(25)18-26/h6,10-14,17,19-22,26,35-36H,5,7-9,15-16,18H2,1-4H3. The van der Waals surface area contributed by atoms with Gasteiger partial charge in [-0.2, -0.15) is 0 Å². The highest BCUT2D eigenvalue weighted by Crippen LogP contribution is 2.37. The number of nitrogens with zero attached hydrogens (tertiary/aromatic N) is 1. The van der Waals surface area contributed by atoms with Gasteiger partial charge in [0.25, 0.3) is 0 Å². The Morgan fingerprint density at radius 3 is 2.35 bits per heavy atom. The normalized spacial score (nSPS) is 15.4. The van der Waals surface area contributed by atoms with Crippen LogP contribution < -0.4 is 4.74 Å². The van der Waals surface area contributed by atoms with E-state index in [2.05, 4.69) is 32.6 Å². The number of rotatable bonds is 10. The average molecular weight is 506 g/mol. The zero-order valence-corrected chi connectivity index (χ0v) is 22.5. The summed E-state index contributed by atoms with van der Waals surface area (Å²) in [5, 5.41) is 20.0. The van der Waals surface area contributed by atoms with E-state index in [1.807, 2.05) is 30.3 Å². The lowest BCUT2D eigenvalue weighted by molar-refractivity contribution is 0.140. The lowest BCUT2D eigenvalue weighted by Crippen LogP contribution is -2.39. The van der Waals surface area contributed by atoms with E-state index < -0.39 is 0 Å². The smallest absolute Gasteiger partial charge is 0.165 e. The summed E-state index contributed by atoms with van der Waals surface area (Å²) in [6.07, 6.45) is 4.24. The Balaban J connectivity index is 1.40. The predicted octanol–water partition coefficient (Wildman–Crippen LogP) is 6.79. The molecular weight excluding hydrogens is 465 g/mol. The molecule has 5 heteroatoms. The molecule has 4 nitrogen and oxygen atoms in total. The van der Waals surface area contributed by atoms with Gasteiger partial charge in [-0.15, -0.1) is 0 Å². The Bertz CT molecular complexity index is 1200. The molecule has 0 saturated heterocycles. The molecule has 0 fully saturated rings. The summed E-state index contributed by atoms with van der Waals surface area (Å²) >= 11 is 0. The quantitative estimate of drug-likeness (QED) is 0.318. The van der Waals surface area contributed by atoms with Gasteiger partial charge in [0.05, 0.1) is 0 Å². The molecule has 0 bridgehead atoms. The Morgan fingerprint density at radius 2 is 1.62 bits per heavy atom. The number of phenolic OH excluding ortho intramolecular Hbond substituents is 2. The van der Waals surface area contributed by atoms with Crippen molar-refractivity contribution in [1.29, 1.82) is 0 Å². The zero-order chi connectivity index (χ0) is 26.5. The molecule has 0 saturated carbocycles. The number of ether oxygens (including phenoxy) is 1. The zero-order valence-electron chi connectivity index (χ0n) is 22.5. The number of aryl methyl sites for hydroxylation is 3. The Hall–Kier alpha value is -3.05. The van der Waals surface area contributed by atoms with E-state index in [1.165, 1.54) is 16.7 Å². The van der Waals surface area contributed by atoms with Crippen LogP contribution in [-0.4, -0.2) is 40.3 Å². The highest BCUT2D eigenvalue weighted by molar-refractivity contribution is 5.43. The molecule has 0 aliphatic heterocycles. The highest BCUT2D eigenvalue weighted by Gasteiger charge is 2.23. The van der Waals surface area contributed by atoms with Gasteiger partial charge in [-0.3, -0.25) is 4.90 Å². The van der Waals surface area contributed by atoms with Gasteiger partial charge in [0.2, 0.25) is 0 Å². The third-order valence-electron chi connectivity index (χ3n) is 7.60. The number of benzene rings is 3. The van der Waals surface area contributed by atoms with Gasteiger partial charge < -0.3 is 14.9 Å². The van der Waals surface area contributed by atoms with Crippen molar-refractivity contribution in [2.45, 2.75) is 77.8 Å². The van der Waals surface area contributed by atoms with Crippen molar-refractivity contribution in [2.75, 3.05) is 13.2 Å². The summed E-state index contributed by atoms with van der Waals surface area (Å²) in [7, 11) is 0. The van der Waals surface area contributed by atoms with Crippen molar-refractivity contribution in [1.82, 2.24) is 4.90 Å². The molecule has 0 amide bonds. The first-order valence-corrected chi connectivity index (χ1v) is 13.5. The maximum atomic E-state index is 14.8. The molecule has 1 aliphatic rings. The Morgan fingerprint density at radius 1 is 0.892 bits per heavy atom. The minimum absolute atomic E-state index is 0.256. The molecule has 0 radical (unpaired) electrons. The lowest BCUT2D eigenvalue weighted by atomic mass is 9.78. The molecule has 1 unspecified atom stereocenters. The SMILES string of the molecule is CC(C)N(CCOc1ccc(CCc2cc(O)ccc2C2CCc3cc(O)ccc3C2)cc1F)C(C)C. The third-order valence-corrected chi connectivity index (χ3v) is 7.60. The van der Waals surface area contributed by atoms with Gasteiger partial charge in [-0.05, 0) is 130 Å². The van der Waals surface area contributed by atoms with E-state index in [9.17, 15) is 14.6 Å².